The van der Waals surface area contributed by atoms with Gasteiger partial charge in [0.2, 0.25) is 0 Å². The number of benzene rings is 2. The molecular formula is C21H27FO4S. The average molecular weight is 395 g/mol. The number of hydrogen-bond donors (Lipinski definition) is 2. The Morgan fingerprint density at radius 3 is 1.89 bits per heavy atom. The number of phenols is 1. The maximum atomic E-state index is 13.2. The molecule has 0 bridgehead atoms. The van der Waals surface area contributed by atoms with E-state index in [2.05, 4.69) is 0 Å². The summed E-state index contributed by atoms with van der Waals surface area (Å²) >= 11 is 0. The molecule has 27 heavy (non-hydrogen) atoms. The van der Waals surface area contributed by atoms with Crippen molar-refractivity contribution in [2.45, 2.75) is 63.7 Å². The molecule has 0 saturated heterocycles. The fraction of sp³-hybridized carbons (Fsp3) is 0.429. The standard InChI is InChI=1S/C21H27FO4S/c1-20(2,3)16-12-17(27(24,25)26)15(18(19(16)23)21(4,5)6)11-13-7-9-14(22)10-8-13/h7-10,12,23H,11H2,1-6H3,(H,24,25,26). The van der Waals surface area contributed by atoms with Crippen molar-refractivity contribution in [3.8, 4) is 5.75 Å². The molecule has 2 aromatic carbocycles. The molecule has 4 nitrogen and oxygen atoms in total. The first-order chi connectivity index (χ1) is 12.1. The first-order valence-electron chi connectivity index (χ1n) is 8.74. The monoisotopic (exact) mass is 394 g/mol. The number of hydrogen-bond acceptors (Lipinski definition) is 3. The smallest absolute Gasteiger partial charge is 0.294 e. The molecule has 0 saturated carbocycles. The molecule has 148 valence electrons. The van der Waals surface area contributed by atoms with E-state index in [4.69, 9.17) is 0 Å². The molecule has 6 heteroatoms. The highest BCUT2D eigenvalue weighted by atomic mass is 32.2. The lowest BCUT2D eigenvalue weighted by Crippen LogP contribution is -2.22. The maximum Gasteiger partial charge on any atom is 0.294 e. The van der Waals surface area contributed by atoms with E-state index < -0.39 is 26.8 Å². The summed E-state index contributed by atoms with van der Waals surface area (Å²) < 4.78 is 47.5. The number of halogens is 1. The molecule has 0 fully saturated rings. The largest absolute Gasteiger partial charge is 0.507 e. The van der Waals surface area contributed by atoms with Crippen LogP contribution >= 0.6 is 0 Å². The zero-order valence-electron chi connectivity index (χ0n) is 16.6. The van der Waals surface area contributed by atoms with E-state index in [-0.39, 0.29) is 17.1 Å². The van der Waals surface area contributed by atoms with Gasteiger partial charge in [0.05, 0.1) is 4.90 Å². The quantitative estimate of drug-likeness (QED) is 0.721. The Balaban J connectivity index is 2.90. The van der Waals surface area contributed by atoms with Crippen molar-refractivity contribution in [3.05, 3.63) is 58.4 Å². The van der Waals surface area contributed by atoms with Gasteiger partial charge in [0.25, 0.3) is 10.1 Å². The molecule has 0 aromatic heterocycles. The first-order valence-corrected chi connectivity index (χ1v) is 10.2. The van der Waals surface area contributed by atoms with Gasteiger partial charge in [-0.25, -0.2) is 4.39 Å². The maximum absolute atomic E-state index is 13.2. The van der Waals surface area contributed by atoms with E-state index in [1.807, 2.05) is 41.5 Å². The van der Waals surface area contributed by atoms with Gasteiger partial charge in [-0.15, -0.1) is 0 Å². The van der Waals surface area contributed by atoms with E-state index >= 15 is 0 Å². The molecule has 0 spiro atoms. The highest BCUT2D eigenvalue weighted by Gasteiger charge is 2.33. The van der Waals surface area contributed by atoms with Crippen LogP contribution in [-0.2, 0) is 27.4 Å². The number of phenolic OH excluding ortho intramolecular Hbond substituents is 1. The van der Waals surface area contributed by atoms with Crippen molar-refractivity contribution in [1.82, 2.24) is 0 Å². The second kappa shape index (κ2) is 6.91. The van der Waals surface area contributed by atoms with Crippen LogP contribution in [0.4, 0.5) is 4.39 Å². The van der Waals surface area contributed by atoms with Gasteiger partial charge in [-0.1, -0.05) is 53.7 Å². The summed E-state index contributed by atoms with van der Waals surface area (Å²) in [7, 11) is -4.53. The third kappa shape index (κ3) is 4.68. The van der Waals surface area contributed by atoms with E-state index in [0.717, 1.165) is 0 Å². The number of rotatable bonds is 3. The molecule has 0 aliphatic heterocycles. The van der Waals surface area contributed by atoms with Crippen LogP contribution in [0.15, 0.2) is 35.2 Å². The molecule has 0 aliphatic rings. The predicted octanol–water partition coefficient (Wildman–Crippen LogP) is 4.96. The SMILES string of the molecule is CC(C)(C)c1cc(S(=O)(=O)O)c(Cc2ccc(F)cc2)c(C(C)(C)C)c1O. The summed E-state index contributed by atoms with van der Waals surface area (Å²) in [5, 5.41) is 11.0. The Bertz CT molecular complexity index is 948. The van der Waals surface area contributed by atoms with Crippen LogP contribution in [0.5, 0.6) is 5.75 Å². The summed E-state index contributed by atoms with van der Waals surface area (Å²) in [6.45, 7) is 11.2. The topological polar surface area (TPSA) is 74.6 Å². The molecular weight excluding hydrogens is 367 g/mol. The molecule has 0 radical (unpaired) electrons. The summed E-state index contributed by atoms with van der Waals surface area (Å²) in [6, 6.07) is 7.05. The second-order valence-corrected chi connectivity index (χ2v) is 10.3. The molecule has 0 aliphatic carbocycles. The molecule has 2 N–H and O–H groups in total. The summed E-state index contributed by atoms with van der Waals surface area (Å²) in [4.78, 5) is -0.223. The van der Waals surface area contributed by atoms with Gasteiger partial charge in [0.1, 0.15) is 11.6 Å². The minimum Gasteiger partial charge on any atom is -0.507 e. The fourth-order valence-electron chi connectivity index (χ4n) is 3.28. The van der Waals surface area contributed by atoms with Crippen LogP contribution < -0.4 is 0 Å². The molecule has 0 heterocycles. The van der Waals surface area contributed by atoms with Crippen molar-refractivity contribution in [2.75, 3.05) is 0 Å². The fourth-order valence-corrected chi connectivity index (χ4v) is 4.03. The lowest BCUT2D eigenvalue weighted by atomic mass is 9.76. The van der Waals surface area contributed by atoms with E-state index in [9.17, 15) is 22.5 Å². The Morgan fingerprint density at radius 1 is 0.963 bits per heavy atom. The van der Waals surface area contributed by atoms with Crippen molar-refractivity contribution >= 4 is 10.1 Å². The van der Waals surface area contributed by atoms with Gasteiger partial charge in [-0.05, 0) is 46.6 Å². The van der Waals surface area contributed by atoms with Crippen LogP contribution in [0.2, 0.25) is 0 Å². The van der Waals surface area contributed by atoms with Gasteiger partial charge in [-0.2, -0.15) is 8.42 Å². The van der Waals surface area contributed by atoms with E-state index in [1.165, 1.54) is 18.2 Å². The van der Waals surface area contributed by atoms with Crippen molar-refractivity contribution in [3.63, 3.8) is 0 Å². The van der Waals surface area contributed by atoms with E-state index in [1.54, 1.807) is 12.1 Å². The van der Waals surface area contributed by atoms with E-state index in [0.29, 0.717) is 22.3 Å². The van der Waals surface area contributed by atoms with Crippen LogP contribution in [-0.4, -0.2) is 18.1 Å². The highest BCUT2D eigenvalue weighted by Crippen LogP contribution is 2.44. The minimum absolute atomic E-state index is 0.0273. The van der Waals surface area contributed by atoms with Gasteiger partial charge in [-0.3, -0.25) is 4.55 Å². The second-order valence-electron chi connectivity index (χ2n) is 8.90. The normalized spacial score (nSPS) is 13.0. The van der Waals surface area contributed by atoms with Gasteiger partial charge in [0, 0.05) is 11.1 Å². The molecule has 2 aromatic rings. The van der Waals surface area contributed by atoms with Gasteiger partial charge >= 0.3 is 0 Å². The molecule has 0 atom stereocenters. The van der Waals surface area contributed by atoms with Crippen LogP contribution in [0.1, 0.15) is 63.8 Å². The van der Waals surface area contributed by atoms with Gasteiger partial charge < -0.3 is 5.11 Å². The highest BCUT2D eigenvalue weighted by molar-refractivity contribution is 7.85. The van der Waals surface area contributed by atoms with Crippen molar-refractivity contribution in [2.24, 2.45) is 0 Å². The first kappa shape index (κ1) is 21.4. The lowest BCUT2D eigenvalue weighted by molar-refractivity contribution is 0.418. The zero-order valence-corrected chi connectivity index (χ0v) is 17.4. The summed E-state index contributed by atoms with van der Waals surface area (Å²) in [6.07, 6.45) is 0.139. The van der Waals surface area contributed by atoms with Crippen LogP contribution in [0.3, 0.4) is 0 Å². The van der Waals surface area contributed by atoms with Crippen molar-refractivity contribution < 1.29 is 22.5 Å². The minimum atomic E-state index is -4.53. The third-order valence-corrected chi connectivity index (χ3v) is 5.42. The van der Waals surface area contributed by atoms with Gasteiger partial charge in [0.15, 0.2) is 0 Å². The average Bonchev–Trinajstić information content (AvgIpc) is 2.45. The molecule has 2 rings (SSSR count). The third-order valence-electron chi connectivity index (χ3n) is 4.50. The molecule has 0 unspecified atom stereocenters. The van der Waals surface area contributed by atoms with Crippen molar-refractivity contribution in [1.29, 1.82) is 0 Å². The Hall–Kier alpha value is -1.92. The van der Waals surface area contributed by atoms with Crippen LogP contribution in [0, 0.1) is 5.82 Å². The lowest BCUT2D eigenvalue weighted by Gasteiger charge is -2.31. The Morgan fingerprint density at radius 2 is 1.48 bits per heavy atom. The Kier molecular flexibility index (Phi) is 5.47. The zero-order chi connectivity index (χ0) is 20.8. The summed E-state index contributed by atoms with van der Waals surface area (Å²) in [5.41, 5.74) is 0.796. The molecule has 0 amide bonds. The number of aromatic hydroxyl groups is 1. The predicted molar refractivity (Wildman–Crippen MR) is 105 cm³/mol. The van der Waals surface area contributed by atoms with Crippen LogP contribution in [0.25, 0.3) is 0 Å². The Labute approximate surface area is 160 Å². The summed E-state index contributed by atoms with van der Waals surface area (Å²) in [5.74, 6) is -0.366.